The van der Waals surface area contributed by atoms with E-state index in [1.807, 2.05) is 26.0 Å². The average molecular weight is 628 g/mol. The molecule has 224 valence electrons. The largest absolute Gasteiger partial charge is 0.272 e. The Morgan fingerprint density at radius 3 is 1.18 bits per heavy atom. The molecular formula is C36H32Cl2N2O4. The van der Waals surface area contributed by atoms with Gasteiger partial charge in [0.15, 0.2) is 0 Å². The third kappa shape index (κ3) is 3.80. The molecule has 0 saturated heterocycles. The molecule has 0 aliphatic carbocycles. The monoisotopic (exact) mass is 626 g/mol. The van der Waals surface area contributed by atoms with Gasteiger partial charge in [0, 0.05) is 65.6 Å². The number of fused-ring (bicyclic) bond motifs is 2. The van der Waals surface area contributed by atoms with Gasteiger partial charge in [-0.05, 0) is 73.6 Å². The van der Waals surface area contributed by atoms with Crippen LogP contribution in [0.15, 0.2) is 36.4 Å². The Morgan fingerprint density at radius 1 is 0.500 bits per heavy atom. The summed E-state index contributed by atoms with van der Waals surface area (Å²) in [5.74, 6) is -0.786. The second-order valence-corrected chi connectivity index (χ2v) is 14.1. The van der Waals surface area contributed by atoms with Gasteiger partial charge in [-0.1, -0.05) is 63.0 Å². The summed E-state index contributed by atoms with van der Waals surface area (Å²) in [5.41, 5.74) is 1.64. The summed E-state index contributed by atoms with van der Waals surface area (Å²) in [4.78, 5) is 58.3. The molecule has 0 N–H and O–H groups in total. The third-order valence-corrected chi connectivity index (χ3v) is 9.91. The molecule has 0 aromatic heterocycles. The fourth-order valence-electron chi connectivity index (χ4n) is 7.78. The Balaban J connectivity index is 1.56. The lowest BCUT2D eigenvalue weighted by atomic mass is 9.81. The van der Waals surface area contributed by atoms with Gasteiger partial charge in [-0.25, -0.2) is 0 Å². The molecule has 8 heteroatoms. The smallest absolute Gasteiger partial charge is 0.261 e. The molecule has 4 amide bonds. The standard InChI is InChI=1S/C36H32Cl2N2O4/c1-15(2)11-17(5)39-33(41)21-9-7-19-30-26(38)14-24-28-22(34(42)40(36(24)44)18(6)12-16(3)4)10-8-20(32(28)30)29-25(37)13-23(35(39)43)27(21)31(19)29/h7-10,13-18H,11-12H2,1-6H3. The zero-order valence-electron chi connectivity index (χ0n) is 25.5. The second-order valence-electron chi connectivity index (χ2n) is 13.3. The van der Waals surface area contributed by atoms with Crippen LogP contribution < -0.4 is 0 Å². The number of rotatable bonds is 6. The molecule has 5 aromatic carbocycles. The highest BCUT2D eigenvalue weighted by molar-refractivity contribution is 6.50. The van der Waals surface area contributed by atoms with E-state index in [-0.39, 0.29) is 35.7 Å². The van der Waals surface area contributed by atoms with Crippen LogP contribution in [0, 0.1) is 11.8 Å². The summed E-state index contributed by atoms with van der Waals surface area (Å²) in [6, 6.07) is 9.96. The topological polar surface area (TPSA) is 74.8 Å². The number of imide groups is 2. The van der Waals surface area contributed by atoms with Crippen LogP contribution in [-0.4, -0.2) is 45.5 Å². The van der Waals surface area contributed by atoms with Crippen LogP contribution in [-0.2, 0) is 0 Å². The van der Waals surface area contributed by atoms with Gasteiger partial charge < -0.3 is 0 Å². The van der Waals surface area contributed by atoms with E-state index in [1.165, 1.54) is 9.80 Å². The molecule has 2 unspecified atom stereocenters. The Hall–Kier alpha value is -3.74. The highest BCUT2D eigenvalue weighted by atomic mass is 35.5. The minimum atomic E-state index is -0.366. The van der Waals surface area contributed by atoms with Crippen LogP contribution in [0.3, 0.4) is 0 Å². The lowest BCUT2D eigenvalue weighted by Crippen LogP contribution is -2.46. The normalized spacial score (nSPS) is 16.7. The Bertz CT molecular complexity index is 1980. The first kappa shape index (κ1) is 29.0. The van der Waals surface area contributed by atoms with Crippen LogP contribution >= 0.6 is 23.2 Å². The van der Waals surface area contributed by atoms with Gasteiger partial charge in [-0.15, -0.1) is 0 Å². The zero-order valence-corrected chi connectivity index (χ0v) is 27.0. The average Bonchev–Trinajstić information content (AvgIpc) is 2.94. The van der Waals surface area contributed by atoms with Gasteiger partial charge in [0.2, 0.25) is 0 Å². The first-order valence-electron chi connectivity index (χ1n) is 15.2. The number of amides is 4. The first-order chi connectivity index (χ1) is 20.8. The predicted molar refractivity (Wildman–Crippen MR) is 177 cm³/mol. The van der Waals surface area contributed by atoms with E-state index >= 15 is 0 Å². The van der Waals surface area contributed by atoms with Crippen molar-refractivity contribution < 1.29 is 19.2 Å². The predicted octanol–water partition coefficient (Wildman–Crippen LogP) is 9.11. The van der Waals surface area contributed by atoms with Gasteiger partial charge in [0.25, 0.3) is 23.6 Å². The van der Waals surface area contributed by atoms with Crippen molar-refractivity contribution in [1.29, 1.82) is 0 Å². The SMILES string of the molecule is CC(C)CC(C)N1C(=O)c2ccc3c4c(Cl)cc5c6c(ccc(c7c(Cl)cc(c2c37)C1=O)c64)C(=O)N(C(C)CC(C)C)C5=O. The fourth-order valence-corrected chi connectivity index (χ4v) is 8.39. The van der Waals surface area contributed by atoms with Crippen LogP contribution in [0.5, 0.6) is 0 Å². The molecule has 5 aromatic rings. The molecule has 0 bridgehead atoms. The van der Waals surface area contributed by atoms with E-state index in [1.54, 1.807) is 24.3 Å². The van der Waals surface area contributed by atoms with Gasteiger partial charge in [-0.3, -0.25) is 29.0 Å². The molecule has 2 aliphatic rings. The minimum Gasteiger partial charge on any atom is -0.272 e. The fraction of sp³-hybridized carbons (Fsp3) is 0.333. The molecule has 0 fully saturated rings. The summed E-state index contributed by atoms with van der Waals surface area (Å²) in [6.45, 7) is 12.0. The number of hydrogen-bond donors (Lipinski definition) is 0. The van der Waals surface area contributed by atoms with Crippen molar-refractivity contribution in [2.45, 2.75) is 66.5 Å². The van der Waals surface area contributed by atoms with Crippen LogP contribution in [0.2, 0.25) is 10.0 Å². The lowest BCUT2D eigenvalue weighted by Gasteiger charge is -2.34. The van der Waals surface area contributed by atoms with Crippen molar-refractivity contribution in [3.8, 4) is 0 Å². The van der Waals surface area contributed by atoms with Gasteiger partial charge in [0.05, 0.1) is 11.1 Å². The summed E-state index contributed by atoms with van der Waals surface area (Å²) in [7, 11) is 0. The number of nitrogens with zero attached hydrogens (tertiary/aromatic N) is 2. The first-order valence-corrected chi connectivity index (χ1v) is 15.9. The molecule has 0 saturated carbocycles. The van der Waals surface area contributed by atoms with Crippen molar-refractivity contribution >= 4 is 89.9 Å². The van der Waals surface area contributed by atoms with Gasteiger partial charge >= 0.3 is 0 Å². The Kier molecular flexibility index (Phi) is 6.51. The Morgan fingerprint density at radius 2 is 0.841 bits per heavy atom. The highest BCUT2D eigenvalue weighted by Gasteiger charge is 2.40. The van der Waals surface area contributed by atoms with E-state index in [0.717, 1.165) is 0 Å². The molecule has 0 radical (unpaired) electrons. The van der Waals surface area contributed by atoms with Crippen molar-refractivity contribution in [2.24, 2.45) is 11.8 Å². The van der Waals surface area contributed by atoms with E-state index in [4.69, 9.17) is 23.2 Å². The quantitative estimate of drug-likeness (QED) is 0.107. The van der Waals surface area contributed by atoms with E-state index in [9.17, 15) is 19.2 Å². The minimum absolute atomic E-state index is 0.284. The maximum Gasteiger partial charge on any atom is 0.261 e. The molecule has 44 heavy (non-hydrogen) atoms. The maximum atomic E-state index is 13.9. The summed E-state index contributed by atoms with van der Waals surface area (Å²) in [6.07, 6.45) is 1.36. The lowest BCUT2D eigenvalue weighted by molar-refractivity contribution is 0.0519. The molecule has 7 rings (SSSR count). The molecule has 2 atom stereocenters. The second kappa shape index (κ2) is 9.88. The number of hydrogen-bond acceptors (Lipinski definition) is 4. The van der Waals surface area contributed by atoms with Gasteiger partial charge in [-0.2, -0.15) is 0 Å². The highest BCUT2D eigenvalue weighted by Crippen LogP contribution is 2.50. The van der Waals surface area contributed by atoms with Crippen LogP contribution in [0.1, 0.15) is 95.8 Å². The number of benzene rings is 5. The number of carbonyl (C=O) groups is 4. The third-order valence-electron chi connectivity index (χ3n) is 9.31. The summed E-state index contributed by atoms with van der Waals surface area (Å²) >= 11 is 14.1. The maximum absolute atomic E-state index is 13.9. The van der Waals surface area contributed by atoms with Crippen LogP contribution in [0.4, 0.5) is 0 Å². The van der Waals surface area contributed by atoms with Crippen molar-refractivity contribution in [3.63, 3.8) is 0 Å². The van der Waals surface area contributed by atoms with Crippen molar-refractivity contribution in [2.75, 3.05) is 0 Å². The Labute approximate surface area is 265 Å². The summed E-state index contributed by atoms with van der Waals surface area (Å²) < 4.78 is 0. The van der Waals surface area contributed by atoms with E-state index in [2.05, 4.69) is 27.7 Å². The van der Waals surface area contributed by atoms with Crippen molar-refractivity contribution in [3.05, 3.63) is 68.7 Å². The van der Waals surface area contributed by atoms with E-state index < -0.39 is 0 Å². The molecule has 2 heterocycles. The number of halogens is 2. The summed E-state index contributed by atoms with van der Waals surface area (Å²) in [5, 5.41) is 5.93. The molecule has 6 nitrogen and oxygen atoms in total. The number of carbonyl (C=O) groups excluding carboxylic acids is 4. The van der Waals surface area contributed by atoms with Crippen molar-refractivity contribution in [1.82, 2.24) is 9.80 Å². The molecule has 0 spiro atoms. The molecular weight excluding hydrogens is 595 g/mol. The van der Waals surface area contributed by atoms with Gasteiger partial charge in [0.1, 0.15) is 0 Å². The zero-order chi connectivity index (χ0) is 31.5. The molecule has 2 aliphatic heterocycles. The van der Waals surface area contributed by atoms with Crippen LogP contribution in [0.25, 0.3) is 43.1 Å². The van der Waals surface area contributed by atoms with E-state index in [0.29, 0.717) is 100 Å².